The summed E-state index contributed by atoms with van der Waals surface area (Å²) < 4.78 is 44.5. The van der Waals surface area contributed by atoms with Gasteiger partial charge in [-0.15, -0.1) is 11.3 Å². The third kappa shape index (κ3) is 4.99. The minimum absolute atomic E-state index is 0.0750. The van der Waals surface area contributed by atoms with Crippen LogP contribution in [0, 0.1) is 6.92 Å². The van der Waals surface area contributed by atoms with Gasteiger partial charge < -0.3 is 14.2 Å². The van der Waals surface area contributed by atoms with E-state index < -0.39 is 23.4 Å². The van der Waals surface area contributed by atoms with Gasteiger partial charge in [-0.3, -0.25) is 4.79 Å². The number of piperidine rings is 1. The Kier molecular flexibility index (Phi) is 7.02. The number of halogens is 3. The van der Waals surface area contributed by atoms with Crippen LogP contribution >= 0.6 is 11.3 Å². The van der Waals surface area contributed by atoms with E-state index in [9.17, 15) is 18.0 Å². The maximum absolute atomic E-state index is 13.2. The molecule has 0 atom stereocenters. The Morgan fingerprint density at radius 2 is 1.82 bits per heavy atom. The molecule has 0 bridgehead atoms. The predicted octanol–water partition coefficient (Wildman–Crippen LogP) is 6.60. The molecule has 1 aromatic carbocycles. The second-order valence-electron chi connectivity index (χ2n) is 8.45. The maximum atomic E-state index is 13.2. The number of carbonyl (C=O) groups is 1. The molecule has 0 saturated carbocycles. The summed E-state index contributed by atoms with van der Waals surface area (Å²) in [5.41, 5.74) is 2.75. The molecule has 1 amide bonds. The van der Waals surface area contributed by atoms with Gasteiger partial charge in [0.1, 0.15) is 5.76 Å². The monoisotopic (exact) mass is 491 g/mol. The van der Waals surface area contributed by atoms with Gasteiger partial charge >= 0.3 is 6.18 Å². The zero-order chi connectivity index (χ0) is 24.5. The number of furan rings is 1. The fourth-order valence-electron chi connectivity index (χ4n) is 4.42. The van der Waals surface area contributed by atoms with Crippen LogP contribution in [0.15, 0.2) is 40.1 Å². The lowest BCUT2D eigenvalue weighted by atomic mass is 9.97. The first-order valence-corrected chi connectivity index (χ1v) is 12.4. The maximum Gasteiger partial charge on any atom is 0.450 e. The van der Waals surface area contributed by atoms with Crippen molar-refractivity contribution in [1.29, 1.82) is 0 Å². The second kappa shape index (κ2) is 9.82. The Bertz CT molecular complexity index is 1130. The quantitative estimate of drug-likeness (QED) is 0.390. The topological polar surface area (TPSA) is 49.6 Å². The lowest BCUT2D eigenvalue weighted by Gasteiger charge is -2.31. The highest BCUT2D eigenvalue weighted by Gasteiger charge is 2.41. The lowest BCUT2D eigenvalue weighted by molar-refractivity contribution is -0.153. The van der Waals surface area contributed by atoms with E-state index in [2.05, 4.69) is 43.0 Å². The van der Waals surface area contributed by atoms with Gasteiger partial charge in [-0.05, 0) is 51.8 Å². The molecule has 1 aliphatic heterocycles. The zero-order valence-corrected chi connectivity index (χ0v) is 20.3. The Labute approximate surface area is 201 Å². The number of anilines is 1. The first-order valence-electron chi connectivity index (χ1n) is 11.5. The van der Waals surface area contributed by atoms with Gasteiger partial charge in [0.05, 0.1) is 16.3 Å². The van der Waals surface area contributed by atoms with E-state index in [0.717, 1.165) is 29.4 Å². The summed E-state index contributed by atoms with van der Waals surface area (Å²) in [6.07, 6.45) is -3.37. The first kappa shape index (κ1) is 24.3. The molecule has 1 fully saturated rings. The Morgan fingerprint density at radius 3 is 2.41 bits per heavy atom. The summed E-state index contributed by atoms with van der Waals surface area (Å²) in [6, 6.07) is 9.56. The van der Waals surface area contributed by atoms with Gasteiger partial charge in [0.15, 0.2) is 0 Å². The molecule has 3 heterocycles. The van der Waals surface area contributed by atoms with Crippen molar-refractivity contribution in [2.75, 3.05) is 31.1 Å². The van der Waals surface area contributed by atoms with Crippen LogP contribution in [0.4, 0.5) is 18.9 Å². The average Bonchev–Trinajstić information content (AvgIpc) is 3.47. The molecule has 5 nitrogen and oxygen atoms in total. The van der Waals surface area contributed by atoms with Gasteiger partial charge in [-0.25, -0.2) is 4.98 Å². The molecular weight excluding hydrogens is 463 g/mol. The molecule has 0 spiro atoms. The van der Waals surface area contributed by atoms with E-state index in [0.29, 0.717) is 25.9 Å². The van der Waals surface area contributed by atoms with Crippen LogP contribution in [-0.2, 0) is 6.18 Å². The summed E-state index contributed by atoms with van der Waals surface area (Å²) in [5.74, 6) is -1.58. The molecule has 2 aromatic heterocycles. The number of aryl methyl sites for hydroxylation is 1. The fraction of sp³-hybridized carbons (Fsp3) is 0.440. The Hall–Kier alpha value is -2.81. The van der Waals surface area contributed by atoms with Crippen LogP contribution in [-0.4, -0.2) is 42.0 Å². The summed E-state index contributed by atoms with van der Waals surface area (Å²) in [5, 5.41) is 3.05. The van der Waals surface area contributed by atoms with Crippen molar-refractivity contribution in [1.82, 2.24) is 9.88 Å². The van der Waals surface area contributed by atoms with Gasteiger partial charge in [-0.2, -0.15) is 13.2 Å². The van der Waals surface area contributed by atoms with E-state index >= 15 is 0 Å². The van der Waals surface area contributed by atoms with Crippen molar-refractivity contribution >= 4 is 22.9 Å². The number of amides is 1. The van der Waals surface area contributed by atoms with Crippen LogP contribution in [0.1, 0.15) is 59.5 Å². The molecule has 4 rings (SSSR count). The number of rotatable bonds is 6. The molecule has 0 radical (unpaired) electrons. The van der Waals surface area contributed by atoms with Gasteiger partial charge in [0.2, 0.25) is 5.76 Å². The van der Waals surface area contributed by atoms with E-state index in [4.69, 9.17) is 9.40 Å². The molecule has 1 saturated heterocycles. The SMILES string of the molecule is CCN(CC)c1ccc(-c2csc(C3CCN(C(=O)c4cc(C)oc4C(F)(F)F)CC3)n2)cc1. The van der Waals surface area contributed by atoms with Crippen LogP contribution in [0.2, 0.25) is 0 Å². The normalized spacial score (nSPS) is 15.1. The van der Waals surface area contributed by atoms with Crippen LogP contribution in [0.25, 0.3) is 11.3 Å². The van der Waals surface area contributed by atoms with Crippen LogP contribution in [0.5, 0.6) is 0 Å². The standard InChI is InChI=1S/C25H28F3N3O2S/c1-4-30(5-2)19-8-6-17(7-9-19)21-15-34-23(29-21)18-10-12-31(13-11-18)24(32)20-14-16(3)33-22(20)25(26,27)28/h6-9,14-15,18H,4-5,10-13H2,1-3H3. The smallest absolute Gasteiger partial charge is 0.450 e. The summed E-state index contributed by atoms with van der Waals surface area (Å²) >= 11 is 1.60. The van der Waals surface area contributed by atoms with Crippen LogP contribution in [0.3, 0.4) is 0 Å². The highest BCUT2D eigenvalue weighted by Crippen LogP contribution is 2.37. The number of benzene rings is 1. The third-order valence-electron chi connectivity index (χ3n) is 6.29. The number of hydrogen-bond acceptors (Lipinski definition) is 5. The number of alkyl halides is 3. The van der Waals surface area contributed by atoms with E-state index in [1.165, 1.54) is 23.6 Å². The molecule has 1 aliphatic rings. The molecule has 0 N–H and O–H groups in total. The molecule has 3 aromatic rings. The predicted molar refractivity (Wildman–Crippen MR) is 127 cm³/mol. The third-order valence-corrected chi connectivity index (χ3v) is 7.30. The van der Waals surface area contributed by atoms with E-state index in [-0.39, 0.29) is 11.7 Å². The number of hydrogen-bond donors (Lipinski definition) is 0. The van der Waals surface area contributed by atoms with Crippen molar-refractivity contribution in [2.24, 2.45) is 0 Å². The second-order valence-corrected chi connectivity index (χ2v) is 9.34. The Balaban J connectivity index is 1.41. The largest absolute Gasteiger partial charge is 0.456 e. The number of thiazole rings is 1. The highest BCUT2D eigenvalue weighted by atomic mass is 32.1. The minimum atomic E-state index is -4.70. The van der Waals surface area contributed by atoms with E-state index in [1.54, 1.807) is 11.3 Å². The molecule has 182 valence electrons. The van der Waals surface area contributed by atoms with Crippen molar-refractivity contribution in [3.63, 3.8) is 0 Å². The lowest BCUT2D eigenvalue weighted by Crippen LogP contribution is -2.38. The van der Waals surface area contributed by atoms with Crippen molar-refractivity contribution in [3.05, 3.63) is 57.8 Å². The van der Waals surface area contributed by atoms with Crippen molar-refractivity contribution < 1.29 is 22.4 Å². The molecular formula is C25H28F3N3O2S. The zero-order valence-electron chi connectivity index (χ0n) is 19.5. The number of nitrogens with zero attached hydrogens (tertiary/aromatic N) is 3. The van der Waals surface area contributed by atoms with Gasteiger partial charge in [0, 0.05) is 48.7 Å². The highest BCUT2D eigenvalue weighted by molar-refractivity contribution is 7.10. The van der Waals surface area contributed by atoms with Crippen LogP contribution < -0.4 is 4.90 Å². The average molecular weight is 492 g/mol. The molecule has 34 heavy (non-hydrogen) atoms. The number of carbonyl (C=O) groups excluding carboxylic acids is 1. The first-order chi connectivity index (χ1) is 16.2. The van der Waals surface area contributed by atoms with E-state index in [1.807, 2.05) is 5.38 Å². The Morgan fingerprint density at radius 1 is 1.18 bits per heavy atom. The number of aromatic nitrogens is 1. The summed E-state index contributed by atoms with van der Waals surface area (Å²) in [4.78, 5) is 21.4. The number of likely N-dealkylation sites (tertiary alicyclic amines) is 1. The molecule has 9 heteroatoms. The molecule has 0 unspecified atom stereocenters. The fourth-order valence-corrected chi connectivity index (χ4v) is 5.42. The van der Waals surface area contributed by atoms with Gasteiger partial charge in [0.25, 0.3) is 5.91 Å². The van der Waals surface area contributed by atoms with Crippen molar-refractivity contribution in [2.45, 2.75) is 45.7 Å². The summed E-state index contributed by atoms with van der Waals surface area (Å²) in [6.45, 7) is 8.36. The van der Waals surface area contributed by atoms with Gasteiger partial charge in [-0.1, -0.05) is 12.1 Å². The summed E-state index contributed by atoms with van der Waals surface area (Å²) in [7, 11) is 0. The molecule has 0 aliphatic carbocycles. The minimum Gasteiger partial charge on any atom is -0.456 e. The van der Waals surface area contributed by atoms with Crippen molar-refractivity contribution in [3.8, 4) is 11.3 Å².